The molecule has 0 spiro atoms. The van der Waals surface area contributed by atoms with Crippen molar-refractivity contribution in [2.45, 2.75) is 25.9 Å². The standard InChI is InChI=1S/C21H19BrN2O3/c1-12-7-14-8-15(22)9-16-19(14)24(12)11-17(20(16)25)21(26)23-10-13-5-3-4-6-18(13)27-2/h3-6,8-9,11-12H,7,10H2,1-2H3,(H,23,26)/t12-/m0/s1. The van der Waals surface area contributed by atoms with Crippen molar-refractivity contribution in [3.8, 4) is 5.75 Å². The number of nitrogens with zero attached hydrogens (tertiary/aromatic N) is 1. The molecule has 1 atom stereocenters. The molecule has 1 N–H and O–H groups in total. The average Bonchev–Trinajstić information content (AvgIpc) is 2.97. The van der Waals surface area contributed by atoms with Gasteiger partial charge in [-0.05, 0) is 37.1 Å². The van der Waals surface area contributed by atoms with Crippen molar-refractivity contribution < 1.29 is 9.53 Å². The van der Waals surface area contributed by atoms with E-state index >= 15 is 0 Å². The van der Waals surface area contributed by atoms with E-state index in [0.29, 0.717) is 17.7 Å². The second-order valence-electron chi connectivity index (χ2n) is 6.79. The van der Waals surface area contributed by atoms with Crippen LogP contribution in [0.2, 0.25) is 0 Å². The number of nitrogens with one attached hydrogen (secondary N) is 1. The van der Waals surface area contributed by atoms with Crippen molar-refractivity contribution in [3.05, 3.63) is 74.0 Å². The van der Waals surface area contributed by atoms with E-state index in [1.807, 2.05) is 34.9 Å². The Hall–Kier alpha value is -2.60. The first-order valence-corrected chi connectivity index (χ1v) is 9.56. The quantitative estimate of drug-likeness (QED) is 0.689. The number of benzene rings is 2. The Labute approximate surface area is 165 Å². The molecule has 2 heterocycles. The van der Waals surface area contributed by atoms with Gasteiger partial charge in [0.05, 0.1) is 12.6 Å². The molecular formula is C21H19BrN2O3. The fraction of sp³-hybridized carbons (Fsp3) is 0.238. The van der Waals surface area contributed by atoms with Crippen molar-refractivity contribution in [3.63, 3.8) is 0 Å². The third-order valence-electron chi connectivity index (χ3n) is 5.04. The Morgan fingerprint density at radius 3 is 2.89 bits per heavy atom. The molecule has 1 aliphatic heterocycles. The van der Waals surface area contributed by atoms with Gasteiger partial charge < -0.3 is 14.6 Å². The average molecular weight is 427 g/mol. The van der Waals surface area contributed by atoms with Crippen LogP contribution in [0.5, 0.6) is 5.75 Å². The van der Waals surface area contributed by atoms with Crippen LogP contribution in [0.15, 0.2) is 51.9 Å². The largest absolute Gasteiger partial charge is 0.496 e. The van der Waals surface area contributed by atoms with E-state index in [2.05, 4.69) is 28.2 Å². The molecule has 0 aliphatic carbocycles. The second kappa shape index (κ2) is 6.85. The molecule has 1 amide bonds. The lowest BCUT2D eigenvalue weighted by molar-refractivity contribution is 0.0949. The summed E-state index contributed by atoms with van der Waals surface area (Å²) in [7, 11) is 1.59. The van der Waals surface area contributed by atoms with Gasteiger partial charge in [0.1, 0.15) is 11.3 Å². The van der Waals surface area contributed by atoms with Gasteiger partial charge in [-0.25, -0.2) is 0 Å². The summed E-state index contributed by atoms with van der Waals surface area (Å²) < 4.78 is 8.21. The number of halogens is 1. The maximum absolute atomic E-state index is 13.0. The van der Waals surface area contributed by atoms with E-state index in [9.17, 15) is 9.59 Å². The summed E-state index contributed by atoms with van der Waals surface area (Å²) in [6, 6.07) is 11.5. The van der Waals surface area contributed by atoms with Crippen molar-refractivity contribution >= 4 is 32.7 Å². The highest BCUT2D eigenvalue weighted by molar-refractivity contribution is 9.10. The minimum atomic E-state index is -0.378. The minimum absolute atomic E-state index is 0.162. The molecule has 3 aromatic rings. The summed E-state index contributed by atoms with van der Waals surface area (Å²) in [6.45, 7) is 2.38. The van der Waals surface area contributed by atoms with Crippen molar-refractivity contribution in [2.24, 2.45) is 0 Å². The van der Waals surface area contributed by atoms with Gasteiger partial charge in [0.15, 0.2) is 0 Å². The molecule has 5 nitrogen and oxygen atoms in total. The van der Waals surface area contributed by atoms with Crippen LogP contribution in [-0.2, 0) is 13.0 Å². The zero-order valence-electron chi connectivity index (χ0n) is 15.1. The summed E-state index contributed by atoms with van der Waals surface area (Å²) in [4.78, 5) is 25.8. The molecule has 0 unspecified atom stereocenters. The number of pyridine rings is 1. The fourth-order valence-corrected chi connectivity index (χ4v) is 4.25. The second-order valence-corrected chi connectivity index (χ2v) is 7.70. The monoisotopic (exact) mass is 426 g/mol. The van der Waals surface area contributed by atoms with Crippen molar-refractivity contribution in [1.29, 1.82) is 0 Å². The number of hydrogen-bond acceptors (Lipinski definition) is 3. The summed E-state index contributed by atoms with van der Waals surface area (Å²) >= 11 is 3.48. The predicted molar refractivity (Wildman–Crippen MR) is 108 cm³/mol. The van der Waals surface area contributed by atoms with Crippen LogP contribution in [-0.4, -0.2) is 17.6 Å². The number of methoxy groups -OCH3 is 1. The highest BCUT2D eigenvalue weighted by Crippen LogP contribution is 2.33. The number of aromatic nitrogens is 1. The molecule has 0 saturated heterocycles. The van der Waals surface area contributed by atoms with E-state index in [0.717, 1.165) is 27.5 Å². The van der Waals surface area contributed by atoms with Gasteiger partial charge in [-0.15, -0.1) is 0 Å². The van der Waals surface area contributed by atoms with Crippen LogP contribution in [0.4, 0.5) is 0 Å². The van der Waals surface area contributed by atoms with Crippen LogP contribution in [0, 0.1) is 0 Å². The zero-order chi connectivity index (χ0) is 19.1. The van der Waals surface area contributed by atoms with Crippen molar-refractivity contribution in [1.82, 2.24) is 9.88 Å². The lowest BCUT2D eigenvalue weighted by Gasteiger charge is -2.13. The van der Waals surface area contributed by atoms with E-state index < -0.39 is 0 Å². The van der Waals surface area contributed by atoms with Gasteiger partial charge in [0, 0.05) is 34.2 Å². The summed E-state index contributed by atoms with van der Waals surface area (Å²) in [5, 5.41) is 3.43. The molecular weight excluding hydrogens is 408 g/mol. The molecule has 4 rings (SSSR count). The summed E-state index contributed by atoms with van der Waals surface area (Å²) in [6.07, 6.45) is 2.54. The number of hydrogen-bond donors (Lipinski definition) is 1. The molecule has 138 valence electrons. The highest BCUT2D eigenvalue weighted by atomic mass is 79.9. The van der Waals surface area contributed by atoms with Gasteiger partial charge in [-0.2, -0.15) is 0 Å². The highest BCUT2D eigenvalue weighted by Gasteiger charge is 2.25. The Bertz CT molecular complexity index is 1120. The fourth-order valence-electron chi connectivity index (χ4n) is 3.74. The van der Waals surface area contributed by atoms with Crippen molar-refractivity contribution in [2.75, 3.05) is 7.11 Å². The Morgan fingerprint density at radius 1 is 1.33 bits per heavy atom. The first-order chi connectivity index (χ1) is 13.0. The van der Waals surface area contributed by atoms with Crippen LogP contribution in [0.3, 0.4) is 0 Å². The number of para-hydroxylation sites is 1. The summed E-state index contributed by atoms with van der Waals surface area (Å²) in [5.41, 5.74) is 2.84. The Kier molecular flexibility index (Phi) is 4.52. The number of carbonyl (C=O) groups is 1. The molecule has 1 aromatic heterocycles. The van der Waals surface area contributed by atoms with Gasteiger partial charge in [0.25, 0.3) is 5.91 Å². The van der Waals surface area contributed by atoms with E-state index in [4.69, 9.17) is 4.74 Å². The third kappa shape index (κ3) is 3.04. The maximum Gasteiger partial charge on any atom is 0.257 e. The molecule has 2 aromatic carbocycles. The van der Waals surface area contributed by atoms with E-state index in [1.54, 1.807) is 19.4 Å². The predicted octanol–water partition coefficient (Wildman–Crippen LogP) is 3.82. The van der Waals surface area contributed by atoms with Gasteiger partial charge in [-0.3, -0.25) is 9.59 Å². The van der Waals surface area contributed by atoms with E-state index in [-0.39, 0.29) is 22.9 Å². The van der Waals surface area contributed by atoms with Gasteiger partial charge in [0.2, 0.25) is 5.43 Å². The Morgan fingerprint density at radius 2 is 2.11 bits per heavy atom. The first-order valence-electron chi connectivity index (χ1n) is 8.77. The van der Waals surface area contributed by atoms with Crippen LogP contribution < -0.4 is 15.5 Å². The van der Waals surface area contributed by atoms with E-state index in [1.165, 1.54) is 0 Å². The molecule has 27 heavy (non-hydrogen) atoms. The molecule has 0 bridgehead atoms. The number of ether oxygens (including phenoxy) is 1. The van der Waals surface area contributed by atoms with Crippen LogP contribution >= 0.6 is 15.9 Å². The van der Waals surface area contributed by atoms with Crippen LogP contribution in [0.25, 0.3) is 10.9 Å². The normalized spacial score (nSPS) is 15.1. The smallest absolute Gasteiger partial charge is 0.257 e. The third-order valence-corrected chi connectivity index (χ3v) is 5.49. The van der Waals surface area contributed by atoms with Gasteiger partial charge in [-0.1, -0.05) is 34.1 Å². The number of rotatable bonds is 4. The molecule has 0 saturated carbocycles. The number of amides is 1. The summed E-state index contributed by atoms with van der Waals surface area (Å²) in [5.74, 6) is 0.325. The zero-order valence-corrected chi connectivity index (χ0v) is 16.7. The first kappa shape index (κ1) is 17.8. The Balaban J connectivity index is 1.71. The molecule has 1 aliphatic rings. The number of carbonyl (C=O) groups excluding carboxylic acids is 1. The lowest BCUT2D eigenvalue weighted by Crippen LogP contribution is -2.29. The lowest BCUT2D eigenvalue weighted by atomic mass is 10.1. The minimum Gasteiger partial charge on any atom is -0.496 e. The molecule has 0 radical (unpaired) electrons. The molecule has 0 fully saturated rings. The van der Waals surface area contributed by atoms with Gasteiger partial charge >= 0.3 is 0 Å². The van der Waals surface area contributed by atoms with Crippen LogP contribution in [0.1, 0.15) is 34.5 Å². The SMILES string of the molecule is COc1ccccc1CNC(=O)c1cn2c3c(cc(Br)cc3c1=O)C[C@@H]2C. The topological polar surface area (TPSA) is 60.3 Å². The molecule has 6 heteroatoms. The maximum atomic E-state index is 13.0.